The van der Waals surface area contributed by atoms with Crippen molar-refractivity contribution in [3.63, 3.8) is 0 Å². The van der Waals surface area contributed by atoms with Crippen LogP contribution in [0.3, 0.4) is 0 Å². The van der Waals surface area contributed by atoms with E-state index in [1.807, 2.05) is 0 Å². The van der Waals surface area contributed by atoms with Crippen molar-refractivity contribution < 1.29 is 22.7 Å². The predicted octanol–water partition coefficient (Wildman–Crippen LogP) is 2.67. The number of alkyl halides is 3. The minimum Gasteiger partial charge on any atom is -0.467 e. The van der Waals surface area contributed by atoms with Gasteiger partial charge in [-0.2, -0.15) is 13.2 Å². The number of pyridine rings is 2. The average Bonchev–Trinajstić information content (AvgIpc) is 2.46. The van der Waals surface area contributed by atoms with Crippen LogP contribution >= 0.6 is 0 Å². The third-order valence-corrected chi connectivity index (χ3v) is 2.33. The van der Waals surface area contributed by atoms with Crippen molar-refractivity contribution >= 4 is 11.6 Å². The van der Waals surface area contributed by atoms with Gasteiger partial charge >= 0.3 is 6.18 Å². The summed E-state index contributed by atoms with van der Waals surface area (Å²) < 4.78 is 41.0. The Balaban J connectivity index is 2.14. The van der Waals surface area contributed by atoms with Crippen molar-refractivity contribution in [2.24, 2.45) is 0 Å². The zero-order valence-electron chi connectivity index (χ0n) is 10.6. The zero-order chi connectivity index (χ0) is 15.3. The van der Waals surface area contributed by atoms with Gasteiger partial charge in [-0.15, -0.1) is 0 Å². The normalized spacial score (nSPS) is 11.0. The zero-order valence-corrected chi connectivity index (χ0v) is 10.6. The highest BCUT2D eigenvalue weighted by molar-refractivity contribution is 6.05. The van der Waals surface area contributed by atoms with Gasteiger partial charge in [-0.3, -0.25) is 9.78 Å². The van der Waals surface area contributed by atoms with Crippen molar-refractivity contribution in [3.8, 4) is 5.88 Å². The predicted molar refractivity (Wildman–Crippen MR) is 68.0 cm³/mol. The summed E-state index contributed by atoms with van der Waals surface area (Å²) in [5, 5.41) is 2.52. The molecule has 21 heavy (non-hydrogen) atoms. The van der Waals surface area contributed by atoms with Gasteiger partial charge in [0.2, 0.25) is 5.88 Å². The number of carbonyl (C=O) groups excluding carboxylic acids is 1. The summed E-state index contributed by atoms with van der Waals surface area (Å²) >= 11 is 0. The lowest BCUT2D eigenvalue weighted by Crippen LogP contribution is -2.21. The molecule has 0 spiro atoms. The van der Waals surface area contributed by atoms with Gasteiger partial charge in [0.15, 0.2) is 6.61 Å². The summed E-state index contributed by atoms with van der Waals surface area (Å²) in [5.74, 6) is -0.993. The van der Waals surface area contributed by atoms with Crippen molar-refractivity contribution in [2.75, 3.05) is 11.9 Å². The van der Waals surface area contributed by atoms with Gasteiger partial charge in [-0.25, -0.2) is 4.98 Å². The lowest BCUT2D eigenvalue weighted by molar-refractivity contribution is -0.154. The van der Waals surface area contributed by atoms with E-state index in [1.54, 1.807) is 12.1 Å². The number of ether oxygens (including phenoxy) is 1. The summed E-state index contributed by atoms with van der Waals surface area (Å²) in [6, 6.07) is 5.85. The van der Waals surface area contributed by atoms with Crippen LogP contribution in [0.15, 0.2) is 42.9 Å². The fourth-order valence-electron chi connectivity index (χ4n) is 1.46. The Kier molecular flexibility index (Phi) is 4.36. The maximum absolute atomic E-state index is 12.2. The van der Waals surface area contributed by atoms with Crippen molar-refractivity contribution in [1.82, 2.24) is 9.97 Å². The van der Waals surface area contributed by atoms with E-state index in [9.17, 15) is 18.0 Å². The van der Waals surface area contributed by atoms with Crippen molar-refractivity contribution in [2.45, 2.75) is 6.18 Å². The summed E-state index contributed by atoms with van der Waals surface area (Å²) in [6.07, 6.45) is -0.314. The summed E-state index contributed by atoms with van der Waals surface area (Å²) in [6.45, 7) is -1.51. The molecule has 1 N–H and O–H groups in total. The number of rotatable bonds is 4. The van der Waals surface area contributed by atoms with Gasteiger partial charge < -0.3 is 10.1 Å². The van der Waals surface area contributed by atoms with Crippen LogP contribution in [0.2, 0.25) is 0 Å². The molecular formula is C13H10F3N3O2. The van der Waals surface area contributed by atoms with Crippen molar-refractivity contribution in [3.05, 3.63) is 48.4 Å². The first-order valence-corrected chi connectivity index (χ1v) is 5.81. The summed E-state index contributed by atoms with van der Waals surface area (Å²) in [4.78, 5) is 19.5. The first kappa shape index (κ1) is 14.8. The number of carbonyl (C=O) groups is 1. The van der Waals surface area contributed by atoms with E-state index >= 15 is 0 Å². The second kappa shape index (κ2) is 6.21. The molecule has 2 aromatic rings. The van der Waals surface area contributed by atoms with E-state index in [4.69, 9.17) is 0 Å². The van der Waals surface area contributed by atoms with Crippen LogP contribution in [0.5, 0.6) is 5.88 Å². The Morgan fingerprint density at radius 2 is 1.90 bits per heavy atom. The lowest BCUT2D eigenvalue weighted by Gasteiger charge is -2.11. The molecule has 0 fully saturated rings. The molecule has 0 radical (unpaired) electrons. The third-order valence-electron chi connectivity index (χ3n) is 2.33. The van der Waals surface area contributed by atoms with Crippen molar-refractivity contribution in [1.29, 1.82) is 0 Å². The molecule has 0 aliphatic carbocycles. The largest absolute Gasteiger partial charge is 0.467 e. The molecular weight excluding hydrogens is 287 g/mol. The summed E-state index contributed by atoms with van der Waals surface area (Å²) in [5.41, 5.74) is 0.374. The van der Waals surface area contributed by atoms with E-state index in [2.05, 4.69) is 20.0 Å². The topological polar surface area (TPSA) is 64.1 Å². The second-order valence-electron chi connectivity index (χ2n) is 3.95. The highest BCUT2D eigenvalue weighted by Crippen LogP contribution is 2.20. The van der Waals surface area contributed by atoms with Crippen LogP contribution in [0.25, 0.3) is 0 Å². The SMILES string of the molecule is O=C(Nc1ccncc1)c1cccnc1OCC(F)(F)F. The van der Waals surface area contributed by atoms with Crippen LogP contribution in [-0.2, 0) is 0 Å². The third kappa shape index (κ3) is 4.44. The van der Waals surface area contributed by atoms with Crippen LogP contribution in [-0.4, -0.2) is 28.7 Å². The smallest absolute Gasteiger partial charge is 0.422 e. The van der Waals surface area contributed by atoms with Gasteiger partial charge in [0.25, 0.3) is 5.91 Å². The average molecular weight is 297 g/mol. The highest BCUT2D eigenvalue weighted by Gasteiger charge is 2.29. The number of halogens is 3. The van der Waals surface area contributed by atoms with Gasteiger partial charge in [0.1, 0.15) is 5.56 Å². The number of nitrogens with zero attached hydrogens (tertiary/aromatic N) is 2. The number of anilines is 1. The summed E-state index contributed by atoms with van der Waals surface area (Å²) in [7, 11) is 0. The quantitative estimate of drug-likeness (QED) is 0.942. The molecule has 110 valence electrons. The molecule has 0 saturated carbocycles. The molecule has 2 heterocycles. The first-order valence-electron chi connectivity index (χ1n) is 5.81. The minimum absolute atomic E-state index is 0.0847. The number of hydrogen-bond donors (Lipinski definition) is 1. The molecule has 0 saturated heterocycles. The van der Waals surface area contributed by atoms with E-state index in [0.29, 0.717) is 5.69 Å². The molecule has 8 heteroatoms. The Morgan fingerprint density at radius 1 is 1.19 bits per heavy atom. The minimum atomic E-state index is -4.50. The number of aromatic nitrogens is 2. The molecule has 1 amide bonds. The second-order valence-corrected chi connectivity index (χ2v) is 3.95. The van der Waals surface area contributed by atoms with E-state index < -0.39 is 18.7 Å². The monoisotopic (exact) mass is 297 g/mol. The highest BCUT2D eigenvalue weighted by atomic mass is 19.4. The molecule has 0 aromatic carbocycles. The van der Waals surface area contributed by atoms with E-state index in [0.717, 1.165) is 0 Å². The van der Waals surface area contributed by atoms with Gasteiger partial charge in [-0.1, -0.05) is 0 Å². The molecule has 2 rings (SSSR count). The Morgan fingerprint density at radius 3 is 2.57 bits per heavy atom. The maximum Gasteiger partial charge on any atom is 0.422 e. The van der Waals surface area contributed by atoms with Crippen LogP contribution < -0.4 is 10.1 Å². The standard InChI is InChI=1S/C13H10F3N3O2/c14-13(15,16)8-21-12-10(2-1-5-18-12)11(20)19-9-3-6-17-7-4-9/h1-7H,8H2,(H,17,19,20). The molecule has 5 nitrogen and oxygen atoms in total. The van der Waals surface area contributed by atoms with Gasteiger partial charge in [-0.05, 0) is 24.3 Å². The number of hydrogen-bond acceptors (Lipinski definition) is 4. The van der Waals surface area contributed by atoms with Gasteiger partial charge in [0, 0.05) is 24.3 Å². The molecule has 2 aromatic heterocycles. The van der Waals surface area contributed by atoms with Crippen LogP contribution in [0, 0.1) is 0 Å². The fourth-order valence-corrected chi connectivity index (χ4v) is 1.46. The Labute approximate surface area is 117 Å². The van der Waals surface area contributed by atoms with Crippen LogP contribution in [0.4, 0.5) is 18.9 Å². The number of nitrogens with one attached hydrogen (secondary N) is 1. The van der Waals surface area contributed by atoms with Gasteiger partial charge in [0.05, 0.1) is 0 Å². The number of amides is 1. The molecule has 0 atom stereocenters. The fraction of sp³-hybridized carbons (Fsp3) is 0.154. The molecule has 0 aliphatic rings. The molecule has 0 unspecified atom stereocenters. The van der Waals surface area contributed by atoms with E-state index in [1.165, 1.54) is 30.7 Å². The van der Waals surface area contributed by atoms with Crippen LogP contribution in [0.1, 0.15) is 10.4 Å². The lowest BCUT2D eigenvalue weighted by atomic mass is 10.2. The maximum atomic E-state index is 12.2. The first-order chi connectivity index (χ1) is 9.96. The molecule has 0 bridgehead atoms. The Bertz CT molecular complexity index is 618. The van der Waals surface area contributed by atoms with E-state index in [-0.39, 0.29) is 11.4 Å². The Hall–Kier alpha value is -2.64. The molecule has 0 aliphatic heterocycles.